The summed E-state index contributed by atoms with van der Waals surface area (Å²) in [6, 6.07) is 15.5. The van der Waals surface area contributed by atoms with Gasteiger partial charge in [-0.15, -0.1) is 23.0 Å². The number of amides is 1. The molecule has 0 fully saturated rings. The van der Waals surface area contributed by atoms with Gasteiger partial charge in [-0.25, -0.2) is 0 Å². The number of rotatable bonds is 6. The average molecular weight is 473 g/mol. The molecule has 1 aliphatic heterocycles. The van der Waals surface area contributed by atoms with Crippen LogP contribution in [0.15, 0.2) is 72.0 Å². The first-order valence-corrected chi connectivity index (χ1v) is 11.5. The van der Waals surface area contributed by atoms with Crippen LogP contribution in [0.4, 0.5) is 5.69 Å². The molecule has 1 unspecified atom stereocenters. The second-order valence-electron chi connectivity index (χ2n) is 7.84. The van der Waals surface area contributed by atoms with Crippen molar-refractivity contribution in [1.29, 1.82) is 0 Å². The highest BCUT2D eigenvalue weighted by Gasteiger charge is 2.28. The number of carbonyl (C=O) groups excluding carboxylic acids is 2. The lowest BCUT2D eigenvalue weighted by Crippen LogP contribution is -2.39. The number of benzene rings is 2. The van der Waals surface area contributed by atoms with Gasteiger partial charge in [0.1, 0.15) is 11.8 Å². The smallest absolute Gasteiger partial charge is 0.279 e. The van der Waals surface area contributed by atoms with Gasteiger partial charge in [0.05, 0.1) is 11.1 Å². The lowest BCUT2D eigenvalue weighted by molar-refractivity contribution is -0.121. The minimum atomic E-state index is -0.893. The lowest BCUT2D eigenvalue weighted by atomic mass is 10.0. The van der Waals surface area contributed by atoms with Crippen LogP contribution in [0.25, 0.3) is 20.7 Å². The molecule has 0 saturated heterocycles. The van der Waals surface area contributed by atoms with Crippen LogP contribution in [-0.2, 0) is 4.79 Å². The summed E-state index contributed by atoms with van der Waals surface area (Å²) in [5.74, 6) is -0.0337. The summed E-state index contributed by atoms with van der Waals surface area (Å²) in [6.45, 7) is 5.53. The molecule has 0 radical (unpaired) electrons. The molecule has 1 aliphatic rings. The molecule has 4 aromatic rings. The Morgan fingerprint density at radius 3 is 2.76 bits per heavy atom. The van der Waals surface area contributed by atoms with Crippen molar-refractivity contribution in [2.45, 2.75) is 13.0 Å². The van der Waals surface area contributed by atoms with E-state index in [1.165, 1.54) is 16.2 Å². The number of ether oxygens (including phenoxy) is 1. The molecule has 0 spiro atoms. The fraction of sp³-hybridized carbons (Fsp3) is 0.160. The van der Waals surface area contributed by atoms with Gasteiger partial charge in [0.15, 0.2) is 17.2 Å². The molecule has 3 heterocycles. The van der Waals surface area contributed by atoms with Crippen LogP contribution in [0.2, 0.25) is 0 Å². The molecule has 0 aliphatic carbocycles. The minimum Gasteiger partial charge on any atom is -0.482 e. The topological polar surface area (TPSA) is 94.4 Å². The summed E-state index contributed by atoms with van der Waals surface area (Å²) < 4.78 is 6.59. The molecule has 2 aromatic heterocycles. The number of fused-ring (bicyclic) bond motifs is 2. The van der Waals surface area contributed by atoms with Crippen LogP contribution >= 0.6 is 11.3 Å². The zero-order valence-corrected chi connectivity index (χ0v) is 19.1. The zero-order valence-electron chi connectivity index (χ0n) is 18.3. The summed E-state index contributed by atoms with van der Waals surface area (Å²) in [7, 11) is 0. The van der Waals surface area contributed by atoms with Gasteiger partial charge in [0.2, 0.25) is 0 Å². The highest BCUT2D eigenvalue weighted by Crippen LogP contribution is 2.34. The summed E-state index contributed by atoms with van der Waals surface area (Å²) >= 11 is 1.38. The van der Waals surface area contributed by atoms with E-state index in [2.05, 4.69) is 16.9 Å². The molecular formula is C25H20N4O4S. The normalized spacial score (nSPS) is 13.9. The van der Waals surface area contributed by atoms with E-state index in [-0.39, 0.29) is 23.9 Å². The quantitative estimate of drug-likeness (QED) is 0.312. The molecule has 170 valence electrons. The monoisotopic (exact) mass is 472 g/mol. The Morgan fingerprint density at radius 1 is 1.21 bits per heavy atom. The predicted octanol–water partition coefficient (Wildman–Crippen LogP) is 3.88. The number of carbonyl (C=O) groups is 2. The predicted molar refractivity (Wildman–Crippen MR) is 131 cm³/mol. The fourth-order valence-electron chi connectivity index (χ4n) is 3.90. The second kappa shape index (κ2) is 8.68. The number of aromatic nitrogens is 3. The Balaban J connectivity index is 1.49. The molecule has 9 heteroatoms. The molecule has 1 atom stereocenters. The third-order valence-corrected chi connectivity index (χ3v) is 6.75. The Hall–Kier alpha value is -4.11. The van der Waals surface area contributed by atoms with Crippen LogP contribution < -0.4 is 15.2 Å². The van der Waals surface area contributed by atoms with E-state index in [0.717, 1.165) is 15.1 Å². The Morgan fingerprint density at radius 2 is 2.00 bits per heavy atom. The maximum Gasteiger partial charge on any atom is 0.279 e. The van der Waals surface area contributed by atoms with Crippen molar-refractivity contribution in [3.8, 4) is 16.2 Å². The number of ketones is 1. The van der Waals surface area contributed by atoms with Gasteiger partial charge >= 0.3 is 0 Å². The highest BCUT2D eigenvalue weighted by atomic mass is 32.1. The molecule has 5 rings (SSSR count). The van der Waals surface area contributed by atoms with E-state index in [0.29, 0.717) is 33.8 Å². The standard InChI is InChI=1S/C25H20N4O4S/c1-3-11-28-19-12-17(9-10-20(19)33-14-22(28)30)23(31)15(2)29-25(32)18-13-21(34-24(18)26-27-29)16-7-5-4-6-8-16/h3-10,12-13,15H,1,11,14H2,2H3. The third kappa shape index (κ3) is 3.69. The number of hydrogen-bond acceptors (Lipinski definition) is 7. The summed E-state index contributed by atoms with van der Waals surface area (Å²) in [5, 5.41) is 8.66. The summed E-state index contributed by atoms with van der Waals surface area (Å²) in [5.41, 5.74) is 1.43. The largest absolute Gasteiger partial charge is 0.482 e. The van der Waals surface area contributed by atoms with Crippen molar-refractivity contribution < 1.29 is 14.3 Å². The first-order valence-electron chi connectivity index (χ1n) is 10.6. The van der Waals surface area contributed by atoms with E-state index in [1.54, 1.807) is 37.3 Å². The van der Waals surface area contributed by atoms with Crippen LogP contribution in [0, 0.1) is 0 Å². The zero-order chi connectivity index (χ0) is 23.8. The van der Waals surface area contributed by atoms with E-state index >= 15 is 0 Å². The van der Waals surface area contributed by atoms with Gasteiger partial charge in [-0.1, -0.05) is 41.6 Å². The van der Waals surface area contributed by atoms with Gasteiger partial charge in [0, 0.05) is 17.0 Å². The van der Waals surface area contributed by atoms with Gasteiger partial charge in [-0.3, -0.25) is 14.4 Å². The van der Waals surface area contributed by atoms with Crippen LogP contribution in [-0.4, -0.2) is 39.8 Å². The molecule has 1 amide bonds. The second-order valence-corrected chi connectivity index (χ2v) is 8.87. The van der Waals surface area contributed by atoms with E-state index in [1.807, 2.05) is 30.3 Å². The van der Waals surface area contributed by atoms with Crippen LogP contribution in [0.1, 0.15) is 23.3 Å². The molecule has 0 saturated carbocycles. The number of nitrogens with zero attached hydrogens (tertiary/aromatic N) is 4. The minimum absolute atomic E-state index is 0.0683. The third-order valence-electron chi connectivity index (χ3n) is 5.69. The van der Waals surface area contributed by atoms with E-state index < -0.39 is 6.04 Å². The van der Waals surface area contributed by atoms with Gasteiger partial charge in [-0.05, 0) is 36.8 Å². The molecule has 0 bridgehead atoms. The summed E-state index contributed by atoms with van der Waals surface area (Å²) in [6.07, 6.45) is 1.61. The number of hydrogen-bond donors (Lipinski definition) is 0. The van der Waals surface area contributed by atoms with Gasteiger partial charge in [0.25, 0.3) is 11.5 Å². The van der Waals surface area contributed by atoms with Crippen molar-refractivity contribution >= 4 is 38.9 Å². The maximum atomic E-state index is 13.3. The SMILES string of the molecule is C=CCN1C(=O)COc2ccc(C(=O)C(C)n3nnc4sc(-c5ccccc5)cc4c3=O)cc21. The fourth-order valence-corrected chi connectivity index (χ4v) is 4.87. The van der Waals surface area contributed by atoms with Gasteiger partial charge < -0.3 is 9.64 Å². The summed E-state index contributed by atoms with van der Waals surface area (Å²) in [4.78, 5) is 41.7. The highest BCUT2D eigenvalue weighted by molar-refractivity contribution is 7.21. The van der Waals surface area contributed by atoms with Crippen molar-refractivity contribution in [2.24, 2.45) is 0 Å². The van der Waals surface area contributed by atoms with E-state index in [4.69, 9.17) is 4.74 Å². The Kier molecular flexibility index (Phi) is 5.54. The molecule has 34 heavy (non-hydrogen) atoms. The van der Waals surface area contributed by atoms with Crippen molar-refractivity contribution in [1.82, 2.24) is 15.0 Å². The Labute approximate surface area is 198 Å². The first-order chi connectivity index (χ1) is 16.5. The number of anilines is 1. The number of thiophene rings is 1. The molecular weight excluding hydrogens is 452 g/mol. The average Bonchev–Trinajstić information content (AvgIpc) is 3.31. The molecule has 2 aromatic carbocycles. The van der Waals surface area contributed by atoms with Crippen molar-refractivity contribution in [3.05, 3.63) is 83.2 Å². The van der Waals surface area contributed by atoms with Gasteiger partial charge in [-0.2, -0.15) is 4.68 Å². The lowest BCUT2D eigenvalue weighted by Gasteiger charge is -2.29. The van der Waals surface area contributed by atoms with E-state index in [9.17, 15) is 14.4 Å². The number of Topliss-reactive ketones (excluding diaryl/α,β-unsaturated/α-hetero) is 1. The molecule has 0 N–H and O–H groups in total. The van der Waals surface area contributed by atoms with Crippen molar-refractivity contribution in [3.63, 3.8) is 0 Å². The first kappa shape index (κ1) is 21.7. The van der Waals surface area contributed by atoms with Crippen LogP contribution in [0.3, 0.4) is 0 Å². The molecule has 8 nitrogen and oxygen atoms in total. The maximum absolute atomic E-state index is 13.3. The Bertz CT molecular complexity index is 1490. The van der Waals surface area contributed by atoms with Crippen LogP contribution in [0.5, 0.6) is 5.75 Å². The van der Waals surface area contributed by atoms with Crippen molar-refractivity contribution in [2.75, 3.05) is 18.1 Å².